The van der Waals surface area contributed by atoms with Crippen LogP contribution in [0.15, 0.2) is 39.7 Å². The Hall–Kier alpha value is -0.840. The molecule has 2 rings (SSSR count). The highest BCUT2D eigenvalue weighted by atomic mass is 79.9. The number of pyridine rings is 2. The molecule has 0 aliphatic carbocycles. The molecule has 0 fully saturated rings. The van der Waals surface area contributed by atoms with Crippen LogP contribution >= 0.6 is 39.1 Å². The van der Waals surface area contributed by atoms with Gasteiger partial charge >= 0.3 is 0 Å². The zero-order valence-corrected chi connectivity index (χ0v) is 11.6. The van der Waals surface area contributed by atoms with Gasteiger partial charge in [0.1, 0.15) is 5.15 Å². The lowest BCUT2D eigenvalue weighted by atomic mass is 10.3. The van der Waals surface area contributed by atoms with Crippen LogP contribution in [0.3, 0.4) is 0 Å². The predicted molar refractivity (Wildman–Crippen MR) is 71.8 cm³/mol. The molecule has 0 aliphatic rings. The molecule has 0 saturated carbocycles. The molecule has 0 N–H and O–H groups in total. The van der Waals surface area contributed by atoms with Crippen LogP contribution in [0.25, 0.3) is 0 Å². The second kappa shape index (κ2) is 5.21. The molecule has 2 heterocycles. The molecule has 6 heteroatoms. The highest BCUT2D eigenvalue weighted by Crippen LogP contribution is 2.17. The van der Waals surface area contributed by atoms with E-state index in [9.17, 15) is 4.79 Å². The Morgan fingerprint density at radius 3 is 2.82 bits per heavy atom. The molecular weight excluding hydrogens is 327 g/mol. The van der Waals surface area contributed by atoms with Crippen molar-refractivity contribution in [1.82, 2.24) is 9.55 Å². The van der Waals surface area contributed by atoms with Crippen molar-refractivity contribution in [1.29, 1.82) is 0 Å². The van der Waals surface area contributed by atoms with Crippen molar-refractivity contribution >= 4 is 39.1 Å². The maximum absolute atomic E-state index is 11.8. The number of rotatable bonds is 2. The van der Waals surface area contributed by atoms with Gasteiger partial charge in [-0.3, -0.25) is 4.79 Å². The van der Waals surface area contributed by atoms with Gasteiger partial charge in [0.2, 0.25) is 0 Å². The summed E-state index contributed by atoms with van der Waals surface area (Å²) < 4.78 is 2.01. The Balaban J connectivity index is 2.41. The highest BCUT2D eigenvalue weighted by Gasteiger charge is 2.06. The third-order valence-corrected chi connectivity index (χ3v) is 3.34. The molecule has 0 radical (unpaired) electrons. The van der Waals surface area contributed by atoms with E-state index in [2.05, 4.69) is 20.9 Å². The van der Waals surface area contributed by atoms with Crippen LogP contribution in [0, 0.1) is 0 Å². The Morgan fingerprint density at radius 1 is 1.29 bits per heavy atom. The second-order valence-corrected chi connectivity index (χ2v) is 5.00. The Bertz CT molecular complexity index is 613. The maximum Gasteiger partial charge on any atom is 0.265 e. The minimum Gasteiger partial charge on any atom is -0.309 e. The average Bonchev–Trinajstić information content (AvgIpc) is 2.30. The summed E-state index contributed by atoms with van der Waals surface area (Å²) in [6.45, 7) is 0.289. The first-order chi connectivity index (χ1) is 8.08. The average molecular weight is 334 g/mol. The molecule has 0 amide bonds. The summed E-state index contributed by atoms with van der Waals surface area (Å²) in [7, 11) is 0. The van der Waals surface area contributed by atoms with Crippen LogP contribution in [0.4, 0.5) is 0 Å². The summed E-state index contributed by atoms with van der Waals surface area (Å²) in [5.41, 5.74) is 0.435. The summed E-state index contributed by atoms with van der Waals surface area (Å²) in [4.78, 5) is 15.9. The molecule has 0 saturated heterocycles. The van der Waals surface area contributed by atoms with Crippen LogP contribution in [0.1, 0.15) is 5.69 Å². The first-order valence-electron chi connectivity index (χ1n) is 4.74. The van der Waals surface area contributed by atoms with Crippen molar-refractivity contribution < 1.29 is 0 Å². The molecular formula is C11H7BrCl2N2O. The maximum atomic E-state index is 11.8. The minimum absolute atomic E-state index is 0.134. The van der Waals surface area contributed by atoms with Crippen molar-refractivity contribution in [3.63, 3.8) is 0 Å². The summed E-state index contributed by atoms with van der Waals surface area (Å²) in [5, 5.41) is 0.841. The highest BCUT2D eigenvalue weighted by molar-refractivity contribution is 9.10. The number of hydrogen-bond donors (Lipinski definition) is 0. The lowest BCUT2D eigenvalue weighted by Gasteiger charge is -2.07. The molecule has 0 bridgehead atoms. The monoisotopic (exact) mass is 332 g/mol. The lowest BCUT2D eigenvalue weighted by Crippen LogP contribution is -2.20. The predicted octanol–water partition coefficient (Wildman–Crippen LogP) is 3.36. The molecule has 0 aromatic carbocycles. The van der Waals surface area contributed by atoms with Gasteiger partial charge in [-0.25, -0.2) is 4.98 Å². The molecule has 0 spiro atoms. The number of aromatic nitrogens is 2. The smallest absolute Gasteiger partial charge is 0.265 e. The standard InChI is InChI=1S/C11H7BrCl2N2O/c12-7-2-1-5-16(11(7)17)6-9-8(13)3-4-10(14)15-9/h1-5H,6H2. The molecule has 88 valence electrons. The van der Waals surface area contributed by atoms with Crippen LogP contribution in [-0.4, -0.2) is 9.55 Å². The van der Waals surface area contributed by atoms with E-state index in [4.69, 9.17) is 23.2 Å². The van der Waals surface area contributed by atoms with Crippen molar-refractivity contribution in [2.45, 2.75) is 6.54 Å². The van der Waals surface area contributed by atoms with Gasteiger partial charge in [0, 0.05) is 6.20 Å². The van der Waals surface area contributed by atoms with E-state index in [1.165, 1.54) is 4.57 Å². The van der Waals surface area contributed by atoms with Gasteiger partial charge in [-0.1, -0.05) is 23.2 Å². The van der Waals surface area contributed by atoms with E-state index in [-0.39, 0.29) is 12.1 Å². The number of hydrogen-bond acceptors (Lipinski definition) is 2. The molecule has 0 atom stereocenters. The molecule has 2 aromatic rings. The van der Waals surface area contributed by atoms with Gasteiger partial charge in [0.05, 0.1) is 21.7 Å². The Kier molecular flexibility index (Phi) is 3.86. The zero-order chi connectivity index (χ0) is 12.4. The minimum atomic E-state index is -0.134. The van der Waals surface area contributed by atoms with Gasteiger partial charge < -0.3 is 4.57 Å². The summed E-state index contributed by atoms with van der Waals surface area (Å²) >= 11 is 15.0. The lowest BCUT2D eigenvalue weighted by molar-refractivity contribution is 0.736. The van der Waals surface area contributed by atoms with Crippen LogP contribution in [-0.2, 0) is 6.54 Å². The first-order valence-corrected chi connectivity index (χ1v) is 6.28. The molecule has 0 aliphatic heterocycles. The van der Waals surface area contributed by atoms with Gasteiger partial charge in [-0.2, -0.15) is 0 Å². The summed E-state index contributed by atoms with van der Waals surface area (Å²) in [6.07, 6.45) is 1.67. The van der Waals surface area contributed by atoms with E-state index in [1.54, 1.807) is 30.5 Å². The van der Waals surface area contributed by atoms with Crippen LogP contribution in [0.5, 0.6) is 0 Å². The zero-order valence-electron chi connectivity index (χ0n) is 8.53. The molecule has 17 heavy (non-hydrogen) atoms. The largest absolute Gasteiger partial charge is 0.309 e. The van der Waals surface area contributed by atoms with Crippen LogP contribution < -0.4 is 5.56 Å². The molecule has 0 unspecified atom stereocenters. The van der Waals surface area contributed by atoms with Crippen molar-refractivity contribution in [2.24, 2.45) is 0 Å². The second-order valence-electron chi connectivity index (χ2n) is 3.35. The molecule has 2 aromatic heterocycles. The van der Waals surface area contributed by atoms with E-state index in [1.807, 2.05) is 0 Å². The van der Waals surface area contributed by atoms with Crippen molar-refractivity contribution in [3.8, 4) is 0 Å². The molecule has 3 nitrogen and oxygen atoms in total. The van der Waals surface area contributed by atoms with E-state index in [0.29, 0.717) is 20.3 Å². The van der Waals surface area contributed by atoms with Crippen LogP contribution in [0.2, 0.25) is 10.2 Å². The SMILES string of the molecule is O=c1c(Br)cccn1Cc1nc(Cl)ccc1Cl. The third kappa shape index (κ3) is 2.89. The van der Waals surface area contributed by atoms with Crippen molar-refractivity contribution in [3.05, 3.63) is 61.2 Å². The number of nitrogens with zero attached hydrogens (tertiary/aromatic N) is 2. The van der Waals surface area contributed by atoms with E-state index in [0.717, 1.165) is 0 Å². The van der Waals surface area contributed by atoms with Gasteiger partial charge in [-0.05, 0) is 40.2 Å². The fraction of sp³-hybridized carbons (Fsp3) is 0.0909. The van der Waals surface area contributed by atoms with E-state index >= 15 is 0 Å². The summed E-state index contributed by atoms with van der Waals surface area (Å²) in [5.74, 6) is 0. The normalized spacial score (nSPS) is 10.5. The van der Waals surface area contributed by atoms with Gasteiger partial charge in [0.25, 0.3) is 5.56 Å². The first kappa shape index (κ1) is 12.6. The fourth-order valence-corrected chi connectivity index (χ4v) is 2.07. The topological polar surface area (TPSA) is 34.9 Å². The van der Waals surface area contributed by atoms with Gasteiger partial charge in [0.15, 0.2) is 0 Å². The summed E-state index contributed by atoms with van der Waals surface area (Å²) in [6, 6.07) is 6.72. The Morgan fingerprint density at radius 2 is 2.06 bits per heavy atom. The van der Waals surface area contributed by atoms with Gasteiger partial charge in [-0.15, -0.1) is 0 Å². The van der Waals surface area contributed by atoms with Crippen molar-refractivity contribution in [2.75, 3.05) is 0 Å². The third-order valence-electron chi connectivity index (χ3n) is 2.18. The number of halogens is 3. The van der Waals surface area contributed by atoms with E-state index < -0.39 is 0 Å². The Labute approximate surface area is 116 Å². The fourth-order valence-electron chi connectivity index (χ4n) is 1.36. The quantitative estimate of drug-likeness (QED) is 0.790.